The highest BCUT2D eigenvalue weighted by Crippen LogP contribution is 2.22. The molecule has 0 aromatic heterocycles. The molecule has 1 fully saturated rings. The second-order valence-electron chi connectivity index (χ2n) is 4.40. The van der Waals surface area contributed by atoms with E-state index in [1.807, 2.05) is 12.1 Å². The topological polar surface area (TPSA) is 25.0 Å². The molecule has 0 saturated carbocycles. The third kappa shape index (κ3) is 2.74. The molecule has 0 radical (unpaired) electrons. The molecule has 0 spiro atoms. The van der Waals surface area contributed by atoms with Gasteiger partial charge in [-0.25, -0.2) is 0 Å². The summed E-state index contributed by atoms with van der Waals surface area (Å²) in [6.45, 7) is 6.21. The Morgan fingerprint density at radius 1 is 1.38 bits per heavy atom. The van der Waals surface area contributed by atoms with Crippen LogP contribution in [0.5, 0.6) is 5.75 Å². The van der Waals surface area contributed by atoms with Gasteiger partial charge in [0.1, 0.15) is 12.0 Å². The Kier molecular flexibility index (Phi) is 3.46. The van der Waals surface area contributed by atoms with Crippen molar-refractivity contribution in [2.75, 3.05) is 13.7 Å². The summed E-state index contributed by atoms with van der Waals surface area (Å²) < 4.78 is 10.5. The van der Waals surface area contributed by atoms with E-state index < -0.39 is 0 Å². The van der Waals surface area contributed by atoms with Gasteiger partial charge < -0.3 is 9.47 Å². The minimum atomic E-state index is 0.321. The molecule has 3 heteroatoms. The molecule has 88 valence electrons. The van der Waals surface area contributed by atoms with Crippen LogP contribution in [-0.2, 0) is 11.3 Å². The Bertz CT molecular complexity index is 328. The van der Waals surface area contributed by atoms with Crippen molar-refractivity contribution in [1.82, 2.24) is 4.90 Å². The number of hydrogen-bond donors (Lipinski definition) is 0. The lowest BCUT2D eigenvalue weighted by Gasteiger charge is -2.24. The van der Waals surface area contributed by atoms with Crippen molar-refractivity contribution in [2.45, 2.75) is 32.7 Å². The van der Waals surface area contributed by atoms with E-state index in [0.717, 1.165) is 18.9 Å². The molecule has 1 unspecified atom stereocenters. The highest BCUT2D eigenvalue weighted by molar-refractivity contribution is 5.27. The van der Waals surface area contributed by atoms with Crippen molar-refractivity contribution in [3.8, 4) is 5.75 Å². The van der Waals surface area contributed by atoms with Crippen LogP contribution in [0, 0.1) is 0 Å². The van der Waals surface area contributed by atoms with E-state index >= 15 is 0 Å². The molecular weight excluding hydrogens is 202 g/mol. The Labute approximate surface area is 97.0 Å². The average Bonchev–Trinajstić information content (AvgIpc) is 3.10. The van der Waals surface area contributed by atoms with Crippen LogP contribution in [0.15, 0.2) is 24.3 Å². The Morgan fingerprint density at radius 2 is 2.00 bits per heavy atom. The molecule has 3 nitrogen and oxygen atoms in total. The quantitative estimate of drug-likeness (QED) is 0.713. The van der Waals surface area contributed by atoms with Crippen LogP contribution in [-0.4, -0.2) is 30.9 Å². The molecule has 1 heterocycles. The summed E-state index contributed by atoms with van der Waals surface area (Å²) in [5.74, 6) is 0.905. The summed E-state index contributed by atoms with van der Waals surface area (Å²) in [5, 5.41) is 0. The minimum Gasteiger partial charge on any atom is -0.497 e. The summed E-state index contributed by atoms with van der Waals surface area (Å²) in [6.07, 6.45) is 0.321. The summed E-state index contributed by atoms with van der Waals surface area (Å²) in [6, 6.07) is 8.73. The molecule has 1 saturated heterocycles. The van der Waals surface area contributed by atoms with Gasteiger partial charge in [0.05, 0.1) is 13.7 Å². The van der Waals surface area contributed by atoms with Crippen molar-refractivity contribution in [1.29, 1.82) is 0 Å². The van der Waals surface area contributed by atoms with E-state index in [4.69, 9.17) is 9.47 Å². The van der Waals surface area contributed by atoms with Gasteiger partial charge in [0.15, 0.2) is 0 Å². The molecular formula is C13H19NO2. The monoisotopic (exact) mass is 221 g/mol. The number of nitrogens with zero attached hydrogens (tertiary/aromatic N) is 1. The minimum absolute atomic E-state index is 0.321. The zero-order valence-electron chi connectivity index (χ0n) is 10.1. The maximum Gasteiger partial charge on any atom is 0.135 e. The van der Waals surface area contributed by atoms with Crippen LogP contribution >= 0.6 is 0 Å². The van der Waals surface area contributed by atoms with Gasteiger partial charge in [0.25, 0.3) is 0 Å². The van der Waals surface area contributed by atoms with Crippen LogP contribution in [0.2, 0.25) is 0 Å². The highest BCUT2D eigenvalue weighted by atomic mass is 16.6. The predicted octanol–water partition coefficient (Wildman–Crippen LogP) is 2.26. The SMILES string of the molecule is COc1ccc(CN(C(C)C)C2CO2)cc1. The third-order valence-electron chi connectivity index (χ3n) is 2.87. The molecule has 1 aliphatic rings. The maximum absolute atomic E-state index is 5.35. The lowest BCUT2D eigenvalue weighted by atomic mass is 10.2. The third-order valence-corrected chi connectivity index (χ3v) is 2.87. The van der Waals surface area contributed by atoms with E-state index in [0.29, 0.717) is 12.3 Å². The molecule has 16 heavy (non-hydrogen) atoms. The lowest BCUT2D eigenvalue weighted by molar-refractivity contribution is 0.131. The van der Waals surface area contributed by atoms with Crippen molar-refractivity contribution < 1.29 is 9.47 Å². The number of benzene rings is 1. The van der Waals surface area contributed by atoms with Gasteiger partial charge in [-0.2, -0.15) is 0 Å². The van der Waals surface area contributed by atoms with E-state index in [2.05, 4.69) is 30.9 Å². The number of epoxide rings is 1. The molecule has 1 atom stereocenters. The van der Waals surface area contributed by atoms with Gasteiger partial charge in [-0.15, -0.1) is 0 Å². The second kappa shape index (κ2) is 4.85. The van der Waals surface area contributed by atoms with Crippen molar-refractivity contribution >= 4 is 0 Å². The van der Waals surface area contributed by atoms with Gasteiger partial charge in [-0.1, -0.05) is 12.1 Å². The number of hydrogen-bond acceptors (Lipinski definition) is 3. The molecule has 0 N–H and O–H groups in total. The molecule has 1 aromatic carbocycles. The number of rotatable bonds is 5. The summed E-state index contributed by atoms with van der Waals surface area (Å²) >= 11 is 0. The van der Waals surface area contributed by atoms with Crippen LogP contribution < -0.4 is 4.74 Å². The van der Waals surface area contributed by atoms with Crippen LogP contribution in [0.1, 0.15) is 19.4 Å². The Hall–Kier alpha value is -1.06. The largest absolute Gasteiger partial charge is 0.497 e. The van der Waals surface area contributed by atoms with Gasteiger partial charge in [-0.3, -0.25) is 4.90 Å². The smallest absolute Gasteiger partial charge is 0.135 e. The highest BCUT2D eigenvalue weighted by Gasteiger charge is 2.31. The normalized spacial score (nSPS) is 19.2. The average molecular weight is 221 g/mol. The Balaban J connectivity index is 2.00. The van der Waals surface area contributed by atoms with Crippen molar-refractivity contribution in [3.05, 3.63) is 29.8 Å². The van der Waals surface area contributed by atoms with E-state index in [1.165, 1.54) is 5.56 Å². The van der Waals surface area contributed by atoms with Crippen molar-refractivity contribution in [3.63, 3.8) is 0 Å². The lowest BCUT2D eigenvalue weighted by Crippen LogP contribution is -2.33. The van der Waals surface area contributed by atoms with Crippen molar-refractivity contribution in [2.24, 2.45) is 0 Å². The molecule has 0 bridgehead atoms. The first kappa shape index (κ1) is 11.4. The fraction of sp³-hybridized carbons (Fsp3) is 0.538. The first-order valence-electron chi connectivity index (χ1n) is 5.71. The molecule has 0 amide bonds. The maximum atomic E-state index is 5.35. The number of ether oxygens (including phenoxy) is 2. The first-order chi connectivity index (χ1) is 7.70. The van der Waals surface area contributed by atoms with E-state index in [9.17, 15) is 0 Å². The van der Waals surface area contributed by atoms with Gasteiger partial charge >= 0.3 is 0 Å². The van der Waals surface area contributed by atoms with Gasteiger partial charge in [0, 0.05) is 12.6 Å². The molecule has 0 aliphatic carbocycles. The molecule has 1 aliphatic heterocycles. The fourth-order valence-corrected chi connectivity index (χ4v) is 1.79. The summed E-state index contributed by atoms with van der Waals surface area (Å²) in [4.78, 5) is 2.36. The zero-order chi connectivity index (χ0) is 11.5. The van der Waals surface area contributed by atoms with Gasteiger partial charge in [0.2, 0.25) is 0 Å². The molecule has 1 aromatic rings. The standard InChI is InChI=1S/C13H19NO2/c1-10(2)14(13-9-16-13)8-11-4-6-12(15-3)7-5-11/h4-7,10,13H,8-9H2,1-3H3. The molecule has 2 rings (SSSR count). The summed E-state index contributed by atoms with van der Waals surface area (Å²) in [5.41, 5.74) is 1.30. The van der Waals surface area contributed by atoms with Crippen LogP contribution in [0.3, 0.4) is 0 Å². The Morgan fingerprint density at radius 3 is 2.44 bits per heavy atom. The van der Waals surface area contributed by atoms with Gasteiger partial charge in [-0.05, 0) is 31.5 Å². The predicted molar refractivity (Wildman–Crippen MR) is 63.4 cm³/mol. The van der Waals surface area contributed by atoms with Crippen LogP contribution in [0.25, 0.3) is 0 Å². The summed E-state index contributed by atoms with van der Waals surface area (Å²) in [7, 11) is 1.69. The fourth-order valence-electron chi connectivity index (χ4n) is 1.79. The first-order valence-corrected chi connectivity index (χ1v) is 5.71. The number of methoxy groups -OCH3 is 1. The van der Waals surface area contributed by atoms with Crippen LogP contribution in [0.4, 0.5) is 0 Å². The van der Waals surface area contributed by atoms with E-state index in [-0.39, 0.29) is 0 Å². The zero-order valence-corrected chi connectivity index (χ0v) is 10.1. The second-order valence-corrected chi connectivity index (χ2v) is 4.40. The van der Waals surface area contributed by atoms with E-state index in [1.54, 1.807) is 7.11 Å².